The van der Waals surface area contributed by atoms with E-state index in [9.17, 15) is 0 Å². The van der Waals surface area contributed by atoms with Crippen LogP contribution in [-0.2, 0) is 0 Å². The summed E-state index contributed by atoms with van der Waals surface area (Å²) in [4.78, 5) is 2.70. The highest BCUT2D eigenvalue weighted by atomic mass is 15.1. The molecule has 2 N–H and O–H groups in total. The van der Waals surface area contributed by atoms with E-state index in [2.05, 4.69) is 25.7 Å². The van der Waals surface area contributed by atoms with E-state index in [4.69, 9.17) is 5.73 Å². The van der Waals surface area contributed by atoms with Crippen molar-refractivity contribution < 1.29 is 0 Å². The molecule has 0 aromatic rings. The first-order valence-electron chi connectivity index (χ1n) is 7.98. The zero-order chi connectivity index (χ0) is 13.2. The number of rotatable bonds is 3. The van der Waals surface area contributed by atoms with Crippen LogP contribution in [0.1, 0.15) is 59.3 Å². The lowest BCUT2D eigenvalue weighted by Gasteiger charge is -2.43. The predicted molar refractivity (Wildman–Crippen MR) is 78.6 cm³/mol. The molecule has 3 atom stereocenters. The Labute approximate surface area is 113 Å². The van der Waals surface area contributed by atoms with Crippen molar-refractivity contribution in [2.75, 3.05) is 19.6 Å². The molecular formula is C16H32N2. The summed E-state index contributed by atoms with van der Waals surface area (Å²) >= 11 is 0. The van der Waals surface area contributed by atoms with E-state index in [1.165, 1.54) is 58.2 Å². The van der Waals surface area contributed by atoms with Crippen LogP contribution >= 0.6 is 0 Å². The van der Waals surface area contributed by atoms with E-state index in [0.29, 0.717) is 11.5 Å². The van der Waals surface area contributed by atoms with Gasteiger partial charge in [0.2, 0.25) is 0 Å². The molecular weight excluding hydrogens is 220 g/mol. The fraction of sp³-hybridized carbons (Fsp3) is 1.00. The van der Waals surface area contributed by atoms with Crippen molar-refractivity contribution in [3.63, 3.8) is 0 Å². The van der Waals surface area contributed by atoms with E-state index in [1.807, 2.05) is 0 Å². The van der Waals surface area contributed by atoms with Gasteiger partial charge >= 0.3 is 0 Å². The van der Waals surface area contributed by atoms with Crippen LogP contribution in [-0.4, -0.2) is 30.6 Å². The molecule has 0 amide bonds. The molecule has 0 radical (unpaired) electrons. The standard InChI is InChI=1S/C16H32N2/c1-4-13-6-5-9-18(11-13)12-14-10-16(2,3)8-7-15(14)17/h13-15H,4-12,17H2,1-3H3. The minimum Gasteiger partial charge on any atom is -0.327 e. The molecule has 106 valence electrons. The quantitative estimate of drug-likeness (QED) is 0.835. The van der Waals surface area contributed by atoms with Crippen LogP contribution in [0.4, 0.5) is 0 Å². The van der Waals surface area contributed by atoms with Crippen LogP contribution in [0.15, 0.2) is 0 Å². The molecule has 2 nitrogen and oxygen atoms in total. The van der Waals surface area contributed by atoms with Crippen molar-refractivity contribution in [3.05, 3.63) is 0 Å². The fourth-order valence-electron chi connectivity index (χ4n) is 3.94. The second-order valence-corrected chi connectivity index (χ2v) is 7.51. The van der Waals surface area contributed by atoms with Gasteiger partial charge in [0, 0.05) is 19.1 Å². The van der Waals surface area contributed by atoms with Crippen molar-refractivity contribution in [1.82, 2.24) is 4.90 Å². The first-order valence-corrected chi connectivity index (χ1v) is 7.98. The lowest BCUT2D eigenvalue weighted by atomic mass is 9.70. The molecule has 2 rings (SSSR count). The maximum absolute atomic E-state index is 6.36. The van der Waals surface area contributed by atoms with E-state index in [-0.39, 0.29) is 0 Å². The first-order chi connectivity index (χ1) is 8.50. The number of nitrogens with two attached hydrogens (primary N) is 1. The maximum atomic E-state index is 6.36. The maximum Gasteiger partial charge on any atom is 0.00797 e. The lowest BCUT2D eigenvalue weighted by Crippen LogP contribution is -2.47. The Morgan fingerprint density at radius 3 is 2.78 bits per heavy atom. The van der Waals surface area contributed by atoms with E-state index in [1.54, 1.807) is 0 Å². The van der Waals surface area contributed by atoms with Crippen LogP contribution < -0.4 is 5.73 Å². The molecule has 18 heavy (non-hydrogen) atoms. The summed E-state index contributed by atoms with van der Waals surface area (Å²) in [5, 5.41) is 0. The summed E-state index contributed by atoms with van der Waals surface area (Å²) < 4.78 is 0. The minimum absolute atomic E-state index is 0.444. The molecule has 1 aliphatic heterocycles. The summed E-state index contributed by atoms with van der Waals surface area (Å²) in [7, 11) is 0. The highest BCUT2D eigenvalue weighted by Crippen LogP contribution is 2.38. The van der Waals surface area contributed by atoms with Gasteiger partial charge in [-0.1, -0.05) is 27.2 Å². The van der Waals surface area contributed by atoms with Crippen LogP contribution in [0.25, 0.3) is 0 Å². The SMILES string of the molecule is CCC1CCCN(CC2CC(C)(C)CCC2N)C1. The summed E-state index contributed by atoms with van der Waals surface area (Å²) in [6.07, 6.45) is 8.03. The number of hydrogen-bond donors (Lipinski definition) is 1. The molecule has 1 heterocycles. The zero-order valence-corrected chi connectivity index (χ0v) is 12.6. The van der Waals surface area contributed by atoms with E-state index < -0.39 is 0 Å². The monoisotopic (exact) mass is 252 g/mol. The van der Waals surface area contributed by atoms with Gasteiger partial charge < -0.3 is 10.6 Å². The van der Waals surface area contributed by atoms with Crippen LogP contribution in [0.3, 0.4) is 0 Å². The van der Waals surface area contributed by atoms with Crippen molar-refractivity contribution in [3.8, 4) is 0 Å². The Bertz CT molecular complexity index is 262. The molecule has 2 aliphatic rings. The average molecular weight is 252 g/mol. The molecule has 0 spiro atoms. The van der Waals surface area contributed by atoms with Crippen molar-refractivity contribution >= 4 is 0 Å². The minimum atomic E-state index is 0.444. The van der Waals surface area contributed by atoms with Crippen molar-refractivity contribution in [2.45, 2.75) is 65.3 Å². The third-order valence-electron chi connectivity index (χ3n) is 5.25. The lowest BCUT2D eigenvalue weighted by molar-refractivity contribution is 0.0895. The van der Waals surface area contributed by atoms with Gasteiger partial charge in [-0.3, -0.25) is 0 Å². The van der Waals surface area contributed by atoms with Gasteiger partial charge in [-0.25, -0.2) is 0 Å². The number of piperidine rings is 1. The Kier molecular flexibility index (Phi) is 4.71. The largest absolute Gasteiger partial charge is 0.327 e. The van der Waals surface area contributed by atoms with E-state index in [0.717, 1.165) is 11.8 Å². The molecule has 1 saturated carbocycles. The summed E-state index contributed by atoms with van der Waals surface area (Å²) in [6.45, 7) is 11.0. The normalized spacial score (nSPS) is 37.7. The topological polar surface area (TPSA) is 29.3 Å². The third kappa shape index (κ3) is 3.71. The highest BCUT2D eigenvalue weighted by molar-refractivity contribution is 4.89. The number of hydrogen-bond acceptors (Lipinski definition) is 2. The van der Waals surface area contributed by atoms with Gasteiger partial charge in [-0.05, 0) is 55.9 Å². The smallest absolute Gasteiger partial charge is 0.00797 e. The summed E-state index contributed by atoms with van der Waals surface area (Å²) in [5.41, 5.74) is 6.87. The molecule has 1 aliphatic carbocycles. The molecule has 2 heteroatoms. The Hall–Kier alpha value is -0.0800. The highest BCUT2D eigenvalue weighted by Gasteiger charge is 2.34. The van der Waals surface area contributed by atoms with Gasteiger partial charge in [0.1, 0.15) is 0 Å². The van der Waals surface area contributed by atoms with Crippen molar-refractivity contribution in [2.24, 2.45) is 23.0 Å². The number of likely N-dealkylation sites (tertiary alicyclic amines) is 1. The summed E-state index contributed by atoms with van der Waals surface area (Å²) in [5.74, 6) is 1.66. The molecule has 2 fully saturated rings. The zero-order valence-electron chi connectivity index (χ0n) is 12.6. The molecule has 1 saturated heterocycles. The molecule has 0 bridgehead atoms. The van der Waals surface area contributed by atoms with Crippen LogP contribution in [0.2, 0.25) is 0 Å². The van der Waals surface area contributed by atoms with Gasteiger partial charge in [0.15, 0.2) is 0 Å². The molecule has 3 unspecified atom stereocenters. The fourth-order valence-corrected chi connectivity index (χ4v) is 3.94. The van der Waals surface area contributed by atoms with Crippen LogP contribution in [0, 0.1) is 17.3 Å². The van der Waals surface area contributed by atoms with Crippen molar-refractivity contribution in [1.29, 1.82) is 0 Å². The molecule has 0 aromatic carbocycles. The average Bonchev–Trinajstić information content (AvgIpc) is 2.34. The Morgan fingerprint density at radius 2 is 2.06 bits per heavy atom. The second kappa shape index (κ2) is 5.92. The van der Waals surface area contributed by atoms with Gasteiger partial charge in [-0.2, -0.15) is 0 Å². The second-order valence-electron chi connectivity index (χ2n) is 7.51. The third-order valence-corrected chi connectivity index (χ3v) is 5.25. The van der Waals surface area contributed by atoms with Crippen LogP contribution in [0.5, 0.6) is 0 Å². The Balaban J connectivity index is 1.87. The molecule has 0 aromatic heterocycles. The summed E-state index contributed by atoms with van der Waals surface area (Å²) in [6, 6.07) is 0.444. The van der Waals surface area contributed by atoms with Gasteiger partial charge in [-0.15, -0.1) is 0 Å². The van der Waals surface area contributed by atoms with Gasteiger partial charge in [0.05, 0.1) is 0 Å². The first kappa shape index (κ1) is 14.3. The Morgan fingerprint density at radius 1 is 1.28 bits per heavy atom. The number of nitrogens with zero attached hydrogens (tertiary/aromatic N) is 1. The van der Waals surface area contributed by atoms with E-state index >= 15 is 0 Å². The van der Waals surface area contributed by atoms with Gasteiger partial charge in [0.25, 0.3) is 0 Å². The predicted octanol–water partition coefficient (Wildman–Crippen LogP) is 3.26.